The Morgan fingerprint density at radius 1 is 1.31 bits per heavy atom. The molecule has 86 valence electrons. The number of likely N-dealkylation sites (N-methyl/N-ethyl adjacent to an activating group) is 1. The summed E-state index contributed by atoms with van der Waals surface area (Å²) in [6, 6.07) is 0. The molecular weight excluding hydrogens is 252 g/mol. The van der Waals surface area contributed by atoms with E-state index in [2.05, 4.69) is 10.2 Å². The molecule has 1 aromatic rings. The van der Waals surface area contributed by atoms with Crippen molar-refractivity contribution in [2.45, 2.75) is 6.54 Å². The number of halogens is 1. The molecule has 1 aliphatic rings. The maximum absolute atomic E-state index is 11.6. The van der Waals surface area contributed by atoms with Gasteiger partial charge in [-0.05, 0) is 11.6 Å². The van der Waals surface area contributed by atoms with Crippen LogP contribution in [0.5, 0.6) is 0 Å². The minimum absolute atomic E-state index is 0.294. The van der Waals surface area contributed by atoms with Crippen LogP contribution in [0.1, 0.15) is 5.01 Å². The number of nitrogens with zero attached hydrogens (tertiary/aromatic N) is 4. The average molecular weight is 261 g/mol. The van der Waals surface area contributed by atoms with Crippen molar-refractivity contribution in [2.75, 3.05) is 20.1 Å². The largest absolute Gasteiger partial charge is 0.336 e. The summed E-state index contributed by atoms with van der Waals surface area (Å²) in [7, 11) is 1.61. The normalized spacial score (nSPS) is 17.1. The number of hydrogen-bond donors (Lipinski definition) is 0. The molecule has 1 aliphatic heterocycles. The molecular formula is C8H9ClN4O2S. The van der Waals surface area contributed by atoms with E-state index in [0.29, 0.717) is 29.1 Å². The number of piperazine rings is 1. The maximum atomic E-state index is 11.6. The molecule has 8 heteroatoms. The van der Waals surface area contributed by atoms with Crippen LogP contribution < -0.4 is 0 Å². The molecule has 0 atom stereocenters. The third-order valence-corrected chi connectivity index (χ3v) is 3.29. The molecule has 16 heavy (non-hydrogen) atoms. The first-order valence-corrected chi connectivity index (χ1v) is 5.79. The van der Waals surface area contributed by atoms with E-state index >= 15 is 0 Å². The number of aromatic nitrogens is 2. The Morgan fingerprint density at radius 2 is 2.06 bits per heavy atom. The van der Waals surface area contributed by atoms with Gasteiger partial charge in [0.2, 0.25) is 4.47 Å². The highest BCUT2D eigenvalue weighted by Crippen LogP contribution is 2.17. The molecule has 0 unspecified atom stereocenters. The Labute approximate surface area is 101 Å². The zero-order chi connectivity index (χ0) is 11.7. The predicted molar refractivity (Wildman–Crippen MR) is 58.0 cm³/mol. The monoisotopic (exact) mass is 260 g/mol. The lowest BCUT2D eigenvalue weighted by Gasteiger charge is -2.30. The smallest absolute Gasteiger partial charge is 0.312 e. The topological polar surface area (TPSA) is 66.4 Å². The van der Waals surface area contributed by atoms with Gasteiger partial charge in [0.25, 0.3) is 0 Å². The summed E-state index contributed by atoms with van der Waals surface area (Å²) in [5, 5.41) is 8.08. The van der Waals surface area contributed by atoms with Crippen LogP contribution in [0.2, 0.25) is 4.47 Å². The van der Waals surface area contributed by atoms with Crippen LogP contribution in [0, 0.1) is 0 Å². The first-order chi connectivity index (χ1) is 7.58. The standard InChI is InChI=1S/C8H9ClN4O2S/c1-12-2-3-13(7(15)6(12)14)4-5-10-11-8(9)16-5/h2-4H2,1H3. The summed E-state index contributed by atoms with van der Waals surface area (Å²) >= 11 is 6.84. The quantitative estimate of drug-likeness (QED) is 0.702. The van der Waals surface area contributed by atoms with Crippen molar-refractivity contribution in [3.63, 3.8) is 0 Å². The van der Waals surface area contributed by atoms with Gasteiger partial charge in [-0.2, -0.15) is 0 Å². The van der Waals surface area contributed by atoms with Gasteiger partial charge in [-0.1, -0.05) is 11.3 Å². The molecule has 1 aromatic heterocycles. The number of rotatable bonds is 2. The summed E-state index contributed by atoms with van der Waals surface area (Å²) in [5.41, 5.74) is 0. The number of hydrogen-bond acceptors (Lipinski definition) is 5. The molecule has 0 spiro atoms. The SMILES string of the molecule is CN1CCN(Cc2nnc(Cl)s2)C(=O)C1=O. The lowest BCUT2D eigenvalue weighted by atomic mass is 10.3. The average Bonchev–Trinajstić information content (AvgIpc) is 2.65. The van der Waals surface area contributed by atoms with Gasteiger partial charge in [-0.15, -0.1) is 10.2 Å². The zero-order valence-electron chi connectivity index (χ0n) is 8.51. The van der Waals surface area contributed by atoms with E-state index in [4.69, 9.17) is 11.6 Å². The molecule has 1 saturated heterocycles. The maximum Gasteiger partial charge on any atom is 0.312 e. The van der Waals surface area contributed by atoms with E-state index in [1.807, 2.05) is 0 Å². The van der Waals surface area contributed by atoms with Crippen molar-refractivity contribution in [1.29, 1.82) is 0 Å². The molecule has 1 fully saturated rings. The van der Waals surface area contributed by atoms with Crippen LogP contribution in [0.3, 0.4) is 0 Å². The van der Waals surface area contributed by atoms with Crippen molar-refractivity contribution in [3.8, 4) is 0 Å². The van der Waals surface area contributed by atoms with Crippen molar-refractivity contribution in [2.24, 2.45) is 0 Å². The van der Waals surface area contributed by atoms with Gasteiger partial charge in [-0.25, -0.2) is 0 Å². The molecule has 0 aromatic carbocycles. The summed E-state index contributed by atoms with van der Waals surface area (Å²) in [6.45, 7) is 1.35. The van der Waals surface area contributed by atoms with Crippen molar-refractivity contribution in [3.05, 3.63) is 9.47 Å². The van der Waals surface area contributed by atoms with Crippen molar-refractivity contribution >= 4 is 34.8 Å². The number of carbonyl (C=O) groups excluding carboxylic acids is 2. The molecule has 0 radical (unpaired) electrons. The van der Waals surface area contributed by atoms with Crippen LogP contribution in [-0.4, -0.2) is 51.9 Å². The first kappa shape index (κ1) is 11.3. The second-order valence-corrected chi connectivity index (χ2v) is 5.05. The van der Waals surface area contributed by atoms with Gasteiger partial charge in [0.15, 0.2) is 0 Å². The summed E-state index contributed by atoms with van der Waals surface area (Å²) < 4.78 is 0.336. The minimum Gasteiger partial charge on any atom is -0.336 e. The Bertz CT molecular complexity index is 435. The van der Waals surface area contributed by atoms with Gasteiger partial charge in [-0.3, -0.25) is 9.59 Å². The van der Waals surface area contributed by atoms with Crippen LogP contribution in [0.15, 0.2) is 0 Å². The Hall–Kier alpha value is -1.21. The zero-order valence-corrected chi connectivity index (χ0v) is 10.1. The lowest BCUT2D eigenvalue weighted by molar-refractivity contribution is -0.155. The highest BCUT2D eigenvalue weighted by atomic mass is 35.5. The highest BCUT2D eigenvalue weighted by molar-refractivity contribution is 7.15. The van der Waals surface area contributed by atoms with E-state index in [9.17, 15) is 9.59 Å². The predicted octanol–water partition coefficient (Wildman–Crippen LogP) is -0.00790. The van der Waals surface area contributed by atoms with Crippen molar-refractivity contribution in [1.82, 2.24) is 20.0 Å². The van der Waals surface area contributed by atoms with Gasteiger partial charge < -0.3 is 9.80 Å². The van der Waals surface area contributed by atoms with E-state index in [1.54, 1.807) is 7.05 Å². The fraction of sp³-hybridized carbons (Fsp3) is 0.500. The molecule has 0 saturated carbocycles. The van der Waals surface area contributed by atoms with Gasteiger partial charge in [0.1, 0.15) is 5.01 Å². The molecule has 0 bridgehead atoms. The minimum atomic E-state index is -0.500. The first-order valence-electron chi connectivity index (χ1n) is 4.60. The Morgan fingerprint density at radius 3 is 2.69 bits per heavy atom. The highest BCUT2D eigenvalue weighted by Gasteiger charge is 2.30. The van der Waals surface area contributed by atoms with E-state index in [1.165, 1.54) is 21.1 Å². The van der Waals surface area contributed by atoms with Crippen LogP contribution in [0.4, 0.5) is 0 Å². The van der Waals surface area contributed by atoms with Gasteiger partial charge in [0, 0.05) is 20.1 Å². The fourth-order valence-corrected chi connectivity index (χ4v) is 2.27. The number of amides is 2. The Kier molecular flexibility index (Phi) is 3.06. The van der Waals surface area contributed by atoms with Crippen LogP contribution >= 0.6 is 22.9 Å². The molecule has 2 rings (SSSR count). The van der Waals surface area contributed by atoms with E-state index in [0.717, 1.165) is 0 Å². The lowest BCUT2D eigenvalue weighted by Crippen LogP contribution is -2.52. The van der Waals surface area contributed by atoms with Crippen molar-refractivity contribution < 1.29 is 9.59 Å². The molecule has 0 aliphatic carbocycles. The summed E-state index contributed by atoms with van der Waals surface area (Å²) in [6.07, 6.45) is 0. The third-order valence-electron chi connectivity index (χ3n) is 2.29. The number of carbonyl (C=O) groups is 2. The van der Waals surface area contributed by atoms with Gasteiger partial charge in [0.05, 0.1) is 6.54 Å². The molecule has 0 N–H and O–H groups in total. The molecule has 6 nitrogen and oxygen atoms in total. The second-order valence-electron chi connectivity index (χ2n) is 3.40. The Balaban J connectivity index is 2.06. The summed E-state index contributed by atoms with van der Waals surface area (Å²) in [4.78, 5) is 25.9. The van der Waals surface area contributed by atoms with Crippen LogP contribution in [-0.2, 0) is 16.1 Å². The second kappa shape index (κ2) is 4.34. The van der Waals surface area contributed by atoms with Gasteiger partial charge >= 0.3 is 11.8 Å². The molecule has 2 heterocycles. The third kappa shape index (κ3) is 2.14. The van der Waals surface area contributed by atoms with Crippen LogP contribution in [0.25, 0.3) is 0 Å². The van der Waals surface area contributed by atoms with E-state index in [-0.39, 0.29) is 0 Å². The summed E-state index contributed by atoms with van der Waals surface area (Å²) in [5.74, 6) is -0.984. The fourth-order valence-electron chi connectivity index (χ4n) is 1.38. The molecule has 2 amide bonds. The van der Waals surface area contributed by atoms with E-state index < -0.39 is 11.8 Å².